The molecule has 5 nitrogen and oxygen atoms in total. The molecule has 5 heteroatoms. The maximum Gasteiger partial charge on any atom is 0.265 e. The van der Waals surface area contributed by atoms with E-state index >= 15 is 0 Å². The zero-order valence-electron chi connectivity index (χ0n) is 25.3. The minimum Gasteiger partial charge on any atom is -0.294 e. The van der Waals surface area contributed by atoms with Crippen molar-refractivity contribution in [1.29, 1.82) is 0 Å². The van der Waals surface area contributed by atoms with Crippen molar-refractivity contribution >= 4 is 104 Å². The van der Waals surface area contributed by atoms with Gasteiger partial charge in [0, 0.05) is 45.0 Å². The highest BCUT2D eigenvalue weighted by Crippen LogP contribution is 2.50. The fourth-order valence-corrected chi connectivity index (χ4v) is 8.76. The highest BCUT2D eigenvalue weighted by Gasteiger charge is 2.35. The van der Waals surface area contributed by atoms with E-state index in [-0.39, 0.29) is 29.8 Å². The Labute approximate surface area is 271 Å². The largest absolute Gasteiger partial charge is 0.294 e. The fraction of sp³-hybridized carbons (Fsp3) is 0.0233. The first-order valence-corrected chi connectivity index (χ1v) is 15.9. The van der Waals surface area contributed by atoms with Crippen LogP contribution >= 0.6 is 0 Å². The molecule has 0 aromatic heterocycles. The molecule has 222 valence electrons. The number of benzene rings is 9. The number of allylic oxidation sites excluding steroid dienone is 1. The maximum absolute atomic E-state index is 13.9. The van der Waals surface area contributed by atoms with Gasteiger partial charge in [0.2, 0.25) is 0 Å². The number of ketones is 2. The smallest absolute Gasteiger partial charge is 0.265 e. The minimum atomic E-state index is -0.327. The third-order valence-electron chi connectivity index (χ3n) is 10.8. The van der Waals surface area contributed by atoms with Gasteiger partial charge in [0.1, 0.15) is 0 Å². The van der Waals surface area contributed by atoms with Crippen LogP contribution in [0, 0.1) is 0 Å². The van der Waals surface area contributed by atoms with Crippen LogP contribution in [0.25, 0.3) is 75.4 Å². The monoisotopic (exact) mass is 615 g/mol. The summed E-state index contributed by atoms with van der Waals surface area (Å²) in [7, 11) is 0. The molecule has 2 aliphatic rings. The van der Waals surface area contributed by atoms with Gasteiger partial charge >= 0.3 is 0 Å². The van der Waals surface area contributed by atoms with Gasteiger partial charge in [-0.2, -0.15) is 0 Å². The fourth-order valence-electron chi connectivity index (χ4n) is 8.76. The highest BCUT2D eigenvalue weighted by molar-refractivity contribution is 6.46. The Morgan fingerprint density at radius 2 is 0.792 bits per heavy atom. The Kier molecular flexibility index (Phi) is 4.53. The summed E-state index contributed by atoms with van der Waals surface area (Å²) in [6.07, 6.45) is 0.0199. The molecule has 0 fully saturated rings. The molecule has 1 aliphatic carbocycles. The molecule has 9 aromatic rings. The Morgan fingerprint density at radius 1 is 0.417 bits per heavy atom. The Balaban J connectivity index is 1.27. The van der Waals surface area contributed by atoms with E-state index in [9.17, 15) is 19.2 Å². The van der Waals surface area contributed by atoms with Crippen molar-refractivity contribution in [2.75, 3.05) is 4.90 Å². The van der Waals surface area contributed by atoms with Crippen LogP contribution in [0.2, 0.25) is 0 Å². The average Bonchev–Trinajstić information content (AvgIpc) is 3.20. The number of para-hydroxylation sites is 1. The number of hydrogen-bond acceptors (Lipinski definition) is 4. The molecule has 0 unspecified atom stereocenters. The van der Waals surface area contributed by atoms with Crippen molar-refractivity contribution in [3.8, 4) is 0 Å². The number of nitrogens with zero attached hydrogens (tertiary/aromatic N) is 1. The molecule has 9 aromatic carbocycles. The first kappa shape index (κ1) is 25.7. The third-order valence-corrected chi connectivity index (χ3v) is 10.8. The van der Waals surface area contributed by atoms with Crippen LogP contribution in [0.4, 0.5) is 5.69 Å². The number of carbonyl (C=O) groups excluding carboxylic acids is 4. The van der Waals surface area contributed by atoms with Crippen LogP contribution in [0.15, 0.2) is 115 Å². The second-order valence-corrected chi connectivity index (χ2v) is 13.0. The third kappa shape index (κ3) is 2.85. The molecule has 1 heterocycles. The molecule has 0 saturated carbocycles. The van der Waals surface area contributed by atoms with Crippen molar-refractivity contribution < 1.29 is 19.2 Å². The van der Waals surface area contributed by atoms with E-state index in [1.807, 2.05) is 66.7 Å². The topological polar surface area (TPSA) is 71.5 Å². The van der Waals surface area contributed by atoms with E-state index in [2.05, 4.69) is 30.8 Å². The zero-order chi connectivity index (χ0) is 32.2. The molecule has 2 amide bonds. The highest BCUT2D eigenvalue weighted by atomic mass is 16.2. The number of imide groups is 1. The summed E-state index contributed by atoms with van der Waals surface area (Å²) in [4.78, 5) is 55.8. The second kappa shape index (κ2) is 8.46. The van der Waals surface area contributed by atoms with Gasteiger partial charge in [0.05, 0.1) is 5.69 Å². The molecule has 0 spiro atoms. The van der Waals surface area contributed by atoms with E-state index in [0.29, 0.717) is 44.3 Å². The van der Waals surface area contributed by atoms with Crippen molar-refractivity contribution in [1.82, 2.24) is 0 Å². The van der Waals surface area contributed by atoms with Gasteiger partial charge in [-0.15, -0.1) is 0 Å². The zero-order valence-corrected chi connectivity index (χ0v) is 25.3. The first-order chi connectivity index (χ1) is 23.4. The Hall–Kier alpha value is -6.46. The van der Waals surface area contributed by atoms with E-state index < -0.39 is 0 Å². The molecule has 11 rings (SSSR count). The number of fused-ring (bicyclic) bond motifs is 4. The van der Waals surface area contributed by atoms with Gasteiger partial charge in [-0.25, -0.2) is 4.90 Å². The number of hydrogen-bond donors (Lipinski definition) is 0. The van der Waals surface area contributed by atoms with E-state index in [1.54, 1.807) is 12.1 Å². The average molecular weight is 616 g/mol. The Morgan fingerprint density at radius 3 is 1.27 bits per heavy atom. The molecule has 48 heavy (non-hydrogen) atoms. The van der Waals surface area contributed by atoms with Crippen LogP contribution < -0.4 is 4.90 Å². The molecule has 0 radical (unpaired) electrons. The van der Waals surface area contributed by atoms with Crippen molar-refractivity contribution in [3.05, 3.63) is 138 Å². The van der Waals surface area contributed by atoms with Gasteiger partial charge in [0.15, 0.2) is 11.6 Å². The summed E-state index contributed by atoms with van der Waals surface area (Å²) in [5, 5.41) is 13.6. The lowest BCUT2D eigenvalue weighted by molar-refractivity contribution is 0.0892. The molecule has 0 saturated heterocycles. The van der Waals surface area contributed by atoms with Crippen LogP contribution in [-0.2, 0) is 0 Å². The van der Waals surface area contributed by atoms with Crippen LogP contribution in [0.1, 0.15) is 47.9 Å². The number of rotatable bonds is 1. The summed E-state index contributed by atoms with van der Waals surface area (Å²) >= 11 is 0. The predicted octanol–water partition coefficient (Wildman–Crippen LogP) is 9.76. The molecule has 0 N–H and O–H groups in total. The van der Waals surface area contributed by atoms with Gasteiger partial charge in [-0.3, -0.25) is 19.2 Å². The van der Waals surface area contributed by atoms with Gasteiger partial charge in [-0.1, -0.05) is 79.4 Å². The van der Waals surface area contributed by atoms with Gasteiger partial charge < -0.3 is 0 Å². The van der Waals surface area contributed by atoms with E-state index in [0.717, 1.165) is 64.6 Å². The van der Waals surface area contributed by atoms with E-state index in [1.165, 1.54) is 4.90 Å². The molecular formula is C43H21NO4. The normalized spacial score (nSPS) is 15.2. The lowest BCUT2D eigenvalue weighted by Crippen LogP contribution is -2.40. The van der Waals surface area contributed by atoms with Gasteiger partial charge in [-0.05, 0) is 95.0 Å². The summed E-state index contributed by atoms with van der Waals surface area (Å²) < 4.78 is 0. The maximum atomic E-state index is 13.9. The summed E-state index contributed by atoms with van der Waals surface area (Å²) in [5.41, 5.74) is 2.98. The quantitative estimate of drug-likeness (QED) is 0.0798. The summed E-state index contributed by atoms with van der Waals surface area (Å²) in [6, 6.07) is 33.1. The van der Waals surface area contributed by atoms with Crippen LogP contribution in [0.3, 0.4) is 0 Å². The lowest BCUT2D eigenvalue weighted by Gasteiger charge is -2.28. The SMILES string of the molecule is C=C1CC(=O)c2ccc3c4ccc5c6ccc7c8c(ccc(c9ccc(c%10ccc(c2c3%10)C1=O)c4c59)c86)C(=O)N(c1ccccc1)C7=O. The minimum absolute atomic E-state index is 0.0199. The van der Waals surface area contributed by atoms with Crippen LogP contribution in [-0.4, -0.2) is 23.4 Å². The number of Topliss-reactive ketones (excluding diaryl/α,β-unsaturated/α-hetero) is 2. The second-order valence-electron chi connectivity index (χ2n) is 13.0. The molecule has 1 aliphatic heterocycles. The predicted molar refractivity (Wildman–Crippen MR) is 191 cm³/mol. The number of carbonyl (C=O) groups is 4. The molecular weight excluding hydrogens is 594 g/mol. The van der Waals surface area contributed by atoms with Gasteiger partial charge in [0.25, 0.3) is 11.8 Å². The Bertz CT molecular complexity index is 2940. The summed E-state index contributed by atoms with van der Waals surface area (Å²) in [5.74, 6) is -0.924. The molecule has 0 bridgehead atoms. The number of anilines is 1. The lowest BCUT2D eigenvalue weighted by atomic mass is 9.81. The molecule has 0 atom stereocenters. The number of amides is 2. The van der Waals surface area contributed by atoms with Crippen molar-refractivity contribution in [3.63, 3.8) is 0 Å². The van der Waals surface area contributed by atoms with Crippen LogP contribution in [0.5, 0.6) is 0 Å². The standard InChI is InChI=1S/C43H21NO4/c1-20-19-34(45)30-15-11-26-22-7-9-24-28-13-17-32-40-33(43(48)44(42(32)47)21-5-3-2-4-6-21)18-14-29(38(28)40)25-10-8-23(35(22)36(24)25)27-12-16-31(41(20)46)39(30)37(26)27/h2-18H,1,19H2. The summed E-state index contributed by atoms with van der Waals surface area (Å²) in [6.45, 7) is 3.93. The first-order valence-electron chi connectivity index (χ1n) is 15.9. The van der Waals surface area contributed by atoms with E-state index in [4.69, 9.17) is 0 Å². The van der Waals surface area contributed by atoms with Crippen molar-refractivity contribution in [2.45, 2.75) is 6.42 Å². The van der Waals surface area contributed by atoms with Crippen molar-refractivity contribution in [2.24, 2.45) is 0 Å².